The number of likely N-dealkylation sites (N-methyl/N-ethyl adjacent to an activating group) is 1. The van der Waals surface area contributed by atoms with E-state index in [0.717, 1.165) is 22.3 Å². The van der Waals surface area contributed by atoms with Crippen LogP contribution in [0, 0.1) is 0 Å². The van der Waals surface area contributed by atoms with Gasteiger partial charge in [-0.2, -0.15) is 0 Å². The highest BCUT2D eigenvalue weighted by molar-refractivity contribution is 9.10. The van der Waals surface area contributed by atoms with Crippen LogP contribution < -0.4 is 4.74 Å². The van der Waals surface area contributed by atoms with Gasteiger partial charge in [0.25, 0.3) is 0 Å². The van der Waals surface area contributed by atoms with Gasteiger partial charge in [0.15, 0.2) is 0 Å². The van der Waals surface area contributed by atoms with E-state index in [9.17, 15) is 5.11 Å². The minimum Gasteiger partial charge on any atom is -0.497 e. The lowest BCUT2D eigenvalue weighted by atomic mass is 10.1. The molecule has 0 saturated heterocycles. The fourth-order valence-corrected chi connectivity index (χ4v) is 2.64. The van der Waals surface area contributed by atoms with Gasteiger partial charge in [-0.3, -0.25) is 4.90 Å². The largest absolute Gasteiger partial charge is 0.497 e. The molecule has 2 rings (SSSR count). The van der Waals surface area contributed by atoms with Crippen molar-refractivity contribution in [2.45, 2.75) is 12.6 Å². The molecule has 0 aliphatic carbocycles. The SMILES string of the molecule is COc1cccc(C(O)CN(C)Cc2ccccc2Br)c1. The minimum absolute atomic E-state index is 0.535. The standard InChI is InChI=1S/C17H20BrNO2/c1-19(11-14-6-3-4-9-16(14)18)12-17(20)13-7-5-8-15(10-13)21-2/h3-10,17,20H,11-12H2,1-2H3. The Morgan fingerprint density at radius 2 is 1.95 bits per heavy atom. The highest BCUT2D eigenvalue weighted by Crippen LogP contribution is 2.21. The molecule has 0 fully saturated rings. The number of benzene rings is 2. The van der Waals surface area contributed by atoms with Crippen molar-refractivity contribution in [3.05, 3.63) is 64.1 Å². The van der Waals surface area contributed by atoms with E-state index in [0.29, 0.717) is 6.54 Å². The quantitative estimate of drug-likeness (QED) is 0.864. The van der Waals surface area contributed by atoms with Crippen molar-refractivity contribution in [1.29, 1.82) is 0 Å². The molecule has 3 nitrogen and oxygen atoms in total. The zero-order valence-corrected chi connectivity index (χ0v) is 13.9. The van der Waals surface area contributed by atoms with Gasteiger partial charge in [0.05, 0.1) is 13.2 Å². The summed E-state index contributed by atoms with van der Waals surface area (Å²) in [6.07, 6.45) is -0.535. The van der Waals surface area contributed by atoms with Crippen LogP contribution in [0.1, 0.15) is 17.2 Å². The van der Waals surface area contributed by atoms with E-state index in [1.54, 1.807) is 7.11 Å². The molecule has 0 aliphatic rings. The summed E-state index contributed by atoms with van der Waals surface area (Å²) >= 11 is 3.55. The van der Waals surface area contributed by atoms with E-state index in [4.69, 9.17) is 4.74 Å². The average molecular weight is 350 g/mol. The number of hydrogen-bond donors (Lipinski definition) is 1. The molecule has 2 aromatic carbocycles. The number of methoxy groups -OCH3 is 1. The zero-order chi connectivity index (χ0) is 15.2. The van der Waals surface area contributed by atoms with Crippen molar-refractivity contribution in [2.75, 3.05) is 20.7 Å². The van der Waals surface area contributed by atoms with Crippen molar-refractivity contribution in [3.8, 4) is 5.75 Å². The summed E-state index contributed by atoms with van der Waals surface area (Å²) in [5.41, 5.74) is 2.08. The molecule has 0 saturated carbocycles. The molecule has 0 aliphatic heterocycles. The Morgan fingerprint density at radius 1 is 1.19 bits per heavy atom. The zero-order valence-electron chi connectivity index (χ0n) is 12.3. The van der Waals surface area contributed by atoms with Gasteiger partial charge < -0.3 is 9.84 Å². The van der Waals surface area contributed by atoms with Crippen molar-refractivity contribution in [2.24, 2.45) is 0 Å². The summed E-state index contributed by atoms with van der Waals surface area (Å²) in [7, 11) is 3.63. The van der Waals surface area contributed by atoms with E-state index in [1.165, 1.54) is 5.56 Å². The number of hydrogen-bond acceptors (Lipinski definition) is 3. The first-order valence-corrected chi connectivity index (χ1v) is 7.63. The third-order valence-electron chi connectivity index (χ3n) is 3.36. The molecular formula is C17H20BrNO2. The maximum absolute atomic E-state index is 10.3. The van der Waals surface area contributed by atoms with Crippen LogP contribution in [-0.4, -0.2) is 30.7 Å². The first-order valence-electron chi connectivity index (χ1n) is 6.84. The van der Waals surface area contributed by atoms with Crippen molar-refractivity contribution >= 4 is 15.9 Å². The second kappa shape index (κ2) is 7.59. The number of ether oxygens (including phenoxy) is 1. The first-order chi connectivity index (χ1) is 10.1. The number of aliphatic hydroxyl groups excluding tert-OH is 1. The van der Waals surface area contributed by atoms with Crippen LogP contribution >= 0.6 is 15.9 Å². The van der Waals surface area contributed by atoms with Gasteiger partial charge in [0, 0.05) is 17.6 Å². The molecule has 1 unspecified atom stereocenters. The van der Waals surface area contributed by atoms with E-state index in [2.05, 4.69) is 26.9 Å². The van der Waals surface area contributed by atoms with Crippen LogP contribution in [0.3, 0.4) is 0 Å². The van der Waals surface area contributed by atoms with Crippen molar-refractivity contribution in [3.63, 3.8) is 0 Å². The van der Waals surface area contributed by atoms with Crippen LogP contribution in [0.4, 0.5) is 0 Å². The summed E-state index contributed by atoms with van der Waals surface area (Å²) in [5.74, 6) is 0.764. The number of rotatable bonds is 6. The van der Waals surface area contributed by atoms with E-state index in [1.807, 2.05) is 49.5 Å². The summed E-state index contributed by atoms with van der Waals surface area (Å²) in [6, 6.07) is 15.7. The second-order valence-electron chi connectivity index (χ2n) is 5.08. The Bertz CT molecular complexity index is 589. The van der Waals surface area contributed by atoms with Crippen LogP contribution in [0.2, 0.25) is 0 Å². The minimum atomic E-state index is -0.535. The van der Waals surface area contributed by atoms with Crippen LogP contribution in [-0.2, 0) is 6.54 Å². The molecule has 4 heteroatoms. The molecule has 0 radical (unpaired) electrons. The Hall–Kier alpha value is -1.36. The van der Waals surface area contributed by atoms with Crippen LogP contribution in [0.15, 0.2) is 53.0 Å². The van der Waals surface area contributed by atoms with Gasteiger partial charge in [-0.1, -0.05) is 46.3 Å². The highest BCUT2D eigenvalue weighted by atomic mass is 79.9. The van der Waals surface area contributed by atoms with Crippen molar-refractivity contribution in [1.82, 2.24) is 4.90 Å². The predicted octanol–water partition coefficient (Wildman–Crippen LogP) is 3.62. The van der Waals surface area contributed by atoms with Gasteiger partial charge in [-0.05, 0) is 36.4 Å². The lowest BCUT2D eigenvalue weighted by Crippen LogP contribution is -2.24. The summed E-state index contributed by atoms with van der Waals surface area (Å²) in [5, 5.41) is 10.3. The van der Waals surface area contributed by atoms with Gasteiger partial charge in [0.2, 0.25) is 0 Å². The highest BCUT2D eigenvalue weighted by Gasteiger charge is 2.12. The molecule has 1 N–H and O–H groups in total. The number of nitrogens with zero attached hydrogens (tertiary/aromatic N) is 1. The Kier molecular flexibility index (Phi) is 5.79. The lowest BCUT2D eigenvalue weighted by molar-refractivity contribution is 0.123. The molecule has 0 aromatic heterocycles. The second-order valence-corrected chi connectivity index (χ2v) is 5.93. The van der Waals surface area contributed by atoms with E-state index in [-0.39, 0.29) is 0 Å². The maximum atomic E-state index is 10.3. The normalized spacial score (nSPS) is 12.4. The average Bonchev–Trinajstić information content (AvgIpc) is 2.49. The molecule has 0 bridgehead atoms. The first kappa shape index (κ1) is 16.0. The molecule has 1 atom stereocenters. The third kappa shape index (κ3) is 4.56. The number of aliphatic hydroxyl groups is 1. The monoisotopic (exact) mass is 349 g/mol. The van der Waals surface area contributed by atoms with Crippen molar-refractivity contribution < 1.29 is 9.84 Å². The van der Waals surface area contributed by atoms with Gasteiger partial charge in [-0.15, -0.1) is 0 Å². The summed E-state index contributed by atoms with van der Waals surface area (Å²) < 4.78 is 6.28. The summed E-state index contributed by atoms with van der Waals surface area (Å²) in [4.78, 5) is 2.10. The van der Waals surface area contributed by atoms with Crippen LogP contribution in [0.25, 0.3) is 0 Å². The van der Waals surface area contributed by atoms with E-state index < -0.39 is 6.10 Å². The molecule has 21 heavy (non-hydrogen) atoms. The fourth-order valence-electron chi connectivity index (χ4n) is 2.23. The Balaban J connectivity index is 1.98. The number of halogens is 1. The molecule has 0 heterocycles. The maximum Gasteiger partial charge on any atom is 0.119 e. The summed E-state index contributed by atoms with van der Waals surface area (Å²) in [6.45, 7) is 1.34. The fraction of sp³-hybridized carbons (Fsp3) is 0.294. The topological polar surface area (TPSA) is 32.7 Å². The molecule has 2 aromatic rings. The molecular weight excluding hydrogens is 330 g/mol. The van der Waals surface area contributed by atoms with Gasteiger partial charge >= 0.3 is 0 Å². The lowest BCUT2D eigenvalue weighted by Gasteiger charge is -2.21. The van der Waals surface area contributed by atoms with Gasteiger partial charge in [0.1, 0.15) is 5.75 Å². The molecule has 0 amide bonds. The van der Waals surface area contributed by atoms with Crippen LogP contribution in [0.5, 0.6) is 5.75 Å². The predicted molar refractivity (Wildman–Crippen MR) is 88.4 cm³/mol. The smallest absolute Gasteiger partial charge is 0.119 e. The third-order valence-corrected chi connectivity index (χ3v) is 4.13. The van der Waals surface area contributed by atoms with Gasteiger partial charge in [-0.25, -0.2) is 0 Å². The molecule has 0 spiro atoms. The molecule has 112 valence electrons. The Morgan fingerprint density at radius 3 is 2.67 bits per heavy atom. The van der Waals surface area contributed by atoms with E-state index >= 15 is 0 Å². The Labute approximate surface area is 134 Å².